The highest BCUT2D eigenvalue weighted by atomic mass is 16.5. The van der Waals surface area contributed by atoms with Crippen LogP contribution in [0.25, 0.3) is 0 Å². The van der Waals surface area contributed by atoms with Crippen molar-refractivity contribution in [2.24, 2.45) is 5.41 Å². The van der Waals surface area contributed by atoms with Crippen molar-refractivity contribution >= 4 is 12.4 Å². The molecule has 4 nitrogen and oxygen atoms in total. The molecule has 2 aliphatic carbocycles. The SMILES string of the molecule is O=CC(NC(=O)OCc1ccccc1)=C1CC2(CCC2)C1. The summed E-state index contributed by atoms with van der Waals surface area (Å²) < 4.78 is 5.13. The Kier molecular flexibility index (Phi) is 3.78. The summed E-state index contributed by atoms with van der Waals surface area (Å²) in [6, 6.07) is 9.46. The van der Waals surface area contributed by atoms with Crippen molar-refractivity contribution in [1.29, 1.82) is 0 Å². The van der Waals surface area contributed by atoms with E-state index in [2.05, 4.69) is 5.32 Å². The summed E-state index contributed by atoms with van der Waals surface area (Å²) in [5.41, 5.74) is 2.82. The van der Waals surface area contributed by atoms with Gasteiger partial charge in [-0.05, 0) is 42.2 Å². The van der Waals surface area contributed by atoms with E-state index in [1.54, 1.807) is 0 Å². The van der Waals surface area contributed by atoms with Gasteiger partial charge in [0.05, 0.1) is 5.70 Å². The number of alkyl carbamates (subject to hydrolysis) is 1. The lowest BCUT2D eigenvalue weighted by Crippen LogP contribution is -2.40. The first-order valence-corrected chi connectivity index (χ1v) is 7.36. The molecule has 3 rings (SSSR count). The van der Waals surface area contributed by atoms with Crippen LogP contribution in [0, 0.1) is 5.41 Å². The molecule has 1 aromatic carbocycles. The van der Waals surface area contributed by atoms with Crippen LogP contribution in [0.15, 0.2) is 41.6 Å². The fraction of sp³-hybridized carbons (Fsp3) is 0.412. The second-order valence-corrected chi connectivity index (χ2v) is 6.03. The fourth-order valence-corrected chi connectivity index (χ4v) is 3.14. The molecule has 1 amide bonds. The third-order valence-electron chi connectivity index (χ3n) is 4.54. The Balaban J connectivity index is 1.51. The van der Waals surface area contributed by atoms with Gasteiger partial charge in [-0.1, -0.05) is 36.8 Å². The van der Waals surface area contributed by atoms with Gasteiger partial charge in [-0.2, -0.15) is 0 Å². The lowest BCUT2D eigenvalue weighted by atomic mass is 9.54. The standard InChI is InChI=1S/C17H19NO3/c19-11-15(14-9-17(10-14)7-4-8-17)18-16(20)21-12-13-5-2-1-3-6-13/h1-3,5-6,11H,4,7-10,12H2,(H,18,20). The maximum Gasteiger partial charge on any atom is 0.412 e. The van der Waals surface area contributed by atoms with Crippen LogP contribution >= 0.6 is 0 Å². The highest BCUT2D eigenvalue weighted by molar-refractivity contribution is 5.83. The number of benzene rings is 1. The van der Waals surface area contributed by atoms with Crippen LogP contribution in [0.5, 0.6) is 0 Å². The van der Waals surface area contributed by atoms with E-state index >= 15 is 0 Å². The van der Waals surface area contributed by atoms with Gasteiger partial charge in [-0.3, -0.25) is 10.1 Å². The van der Waals surface area contributed by atoms with Gasteiger partial charge in [-0.15, -0.1) is 0 Å². The Bertz CT molecular complexity index is 563. The number of aldehydes is 1. The zero-order valence-corrected chi connectivity index (χ0v) is 11.9. The molecule has 2 aliphatic rings. The van der Waals surface area contributed by atoms with Gasteiger partial charge in [0.1, 0.15) is 6.61 Å². The molecule has 2 fully saturated rings. The van der Waals surface area contributed by atoms with Crippen LogP contribution in [0.3, 0.4) is 0 Å². The van der Waals surface area contributed by atoms with E-state index in [-0.39, 0.29) is 6.61 Å². The molecular weight excluding hydrogens is 266 g/mol. The summed E-state index contributed by atoms with van der Waals surface area (Å²) in [6.07, 6.45) is 5.84. The summed E-state index contributed by atoms with van der Waals surface area (Å²) >= 11 is 0. The molecule has 0 aliphatic heterocycles. The number of ether oxygens (including phenoxy) is 1. The molecule has 0 atom stereocenters. The van der Waals surface area contributed by atoms with Crippen molar-refractivity contribution in [3.05, 3.63) is 47.2 Å². The van der Waals surface area contributed by atoms with E-state index in [1.807, 2.05) is 30.3 Å². The molecule has 0 bridgehead atoms. The number of hydrogen-bond donors (Lipinski definition) is 1. The van der Waals surface area contributed by atoms with Crippen molar-refractivity contribution in [2.75, 3.05) is 0 Å². The molecule has 1 spiro atoms. The zero-order chi connectivity index (χ0) is 14.7. The van der Waals surface area contributed by atoms with E-state index < -0.39 is 6.09 Å². The normalized spacial score (nSPS) is 18.4. The van der Waals surface area contributed by atoms with Crippen molar-refractivity contribution < 1.29 is 14.3 Å². The molecule has 0 radical (unpaired) electrons. The first-order valence-electron chi connectivity index (χ1n) is 7.36. The Morgan fingerprint density at radius 3 is 2.52 bits per heavy atom. The number of allylic oxidation sites excluding steroid dienone is 2. The second kappa shape index (κ2) is 5.72. The van der Waals surface area contributed by atoms with Gasteiger partial charge >= 0.3 is 6.09 Å². The average Bonchev–Trinajstić information content (AvgIpc) is 2.42. The summed E-state index contributed by atoms with van der Waals surface area (Å²) in [4.78, 5) is 22.9. The predicted octanol–water partition coefficient (Wildman–Crippen LogP) is 3.33. The van der Waals surface area contributed by atoms with Crippen LogP contribution in [0.2, 0.25) is 0 Å². The quantitative estimate of drug-likeness (QED) is 0.682. The fourth-order valence-electron chi connectivity index (χ4n) is 3.14. The largest absolute Gasteiger partial charge is 0.444 e. The molecule has 21 heavy (non-hydrogen) atoms. The Labute approximate surface area is 124 Å². The van der Waals surface area contributed by atoms with E-state index in [0.29, 0.717) is 11.1 Å². The highest BCUT2D eigenvalue weighted by Gasteiger charge is 2.46. The molecule has 2 saturated carbocycles. The maximum atomic E-state index is 11.7. The van der Waals surface area contributed by atoms with E-state index in [4.69, 9.17) is 4.74 Å². The van der Waals surface area contributed by atoms with E-state index in [9.17, 15) is 9.59 Å². The number of amides is 1. The van der Waals surface area contributed by atoms with Gasteiger partial charge in [0, 0.05) is 0 Å². The molecule has 0 saturated heterocycles. The minimum absolute atomic E-state index is 0.206. The van der Waals surface area contributed by atoms with Crippen LogP contribution in [-0.2, 0) is 16.1 Å². The van der Waals surface area contributed by atoms with Crippen molar-refractivity contribution in [3.8, 4) is 0 Å². The first kappa shape index (κ1) is 13.9. The number of nitrogens with one attached hydrogen (secondary N) is 1. The monoisotopic (exact) mass is 285 g/mol. The number of rotatable bonds is 4. The van der Waals surface area contributed by atoms with Gasteiger partial charge < -0.3 is 4.74 Å². The number of hydrogen-bond acceptors (Lipinski definition) is 3. The van der Waals surface area contributed by atoms with Gasteiger partial charge in [0.15, 0.2) is 6.29 Å². The number of carbonyl (C=O) groups excluding carboxylic acids is 2. The first-order chi connectivity index (χ1) is 10.2. The van der Waals surface area contributed by atoms with Gasteiger partial charge in [0.2, 0.25) is 0 Å². The minimum Gasteiger partial charge on any atom is -0.444 e. The van der Waals surface area contributed by atoms with Crippen molar-refractivity contribution in [2.45, 2.75) is 38.7 Å². The third kappa shape index (κ3) is 2.99. The molecule has 110 valence electrons. The van der Waals surface area contributed by atoms with Crippen LogP contribution < -0.4 is 5.32 Å². The van der Waals surface area contributed by atoms with Crippen LogP contribution in [0.4, 0.5) is 4.79 Å². The summed E-state index contributed by atoms with van der Waals surface area (Å²) in [5.74, 6) is 0. The summed E-state index contributed by atoms with van der Waals surface area (Å²) in [6.45, 7) is 0.206. The maximum absolute atomic E-state index is 11.7. The van der Waals surface area contributed by atoms with E-state index in [0.717, 1.165) is 30.3 Å². The lowest BCUT2D eigenvalue weighted by Gasteiger charge is -2.51. The molecule has 0 unspecified atom stereocenters. The van der Waals surface area contributed by atoms with E-state index in [1.165, 1.54) is 19.3 Å². The second-order valence-electron chi connectivity index (χ2n) is 6.03. The van der Waals surface area contributed by atoms with Gasteiger partial charge in [0.25, 0.3) is 0 Å². The third-order valence-corrected chi connectivity index (χ3v) is 4.54. The highest BCUT2D eigenvalue weighted by Crippen LogP contribution is 2.58. The molecule has 0 aromatic heterocycles. The molecular formula is C17H19NO3. The van der Waals surface area contributed by atoms with Crippen LogP contribution in [-0.4, -0.2) is 12.4 Å². The minimum atomic E-state index is -0.567. The lowest BCUT2D eigenvalue weighted by molar-refractivity contribution is -0.105. The Hall–Kier alpha value is -2.10. The zero-order valence-electron chi connectivity index (χ0n) is 11.9. The molecule has 1 N–H and O–H groups in total. The topological polar surface area (TPSA) is 55.4 Å². The number of carbonyl (C=O) groups is 2. The summed E-state index contributed by atoms with van der Waals surface area (Å²) in [7, 11) is 0. The van der Waals surface area contributed by atoms with Crippen molar-refractivity contribution in [3.63, 3.8) is 0 Å². The molecule has 1 aromatic rings. The smallest absolute Gasteiger partial charge is 0.412 e. The molecule has 0 heterocycles. The van der Waals surface area contributed by atoms with Gasteiger partial charge in [-0.25, -0.2) is 4.79 Å². The predicted molar refractivity (Wildman–Crippen MR) is 78.4 cm³/mol. The molecule has 4 heteroatoms. The Morgan fingerprint density at radius 1 is 1.24 bits per heavy atom. The average molecular weight is 285 g/mol. The Morgan fingerprint density at radius 2 is 1.95 bits per heavy atom. The van der Waals surface area contributed by atoms with Crippen LogP contribution in [0.1, 0.15) is 37.7 Å². The summed E-state index contributed by atoms with van der Waals surface area (Å²) in [5, 5.41) is 2.58. The van der Waals surface area contributed by atoms with Crippen molar-refractivity contribution in [1.82, 2.24) is 5.32 Å².